The van der Waals surface area contributed by atoms with Crippen molar-refractivity contribution in [2.45, 2.75) is 44.8 Å². The minimum atomic E-state index is -0.422. The fraction of sp³-hybridized carbons (Fsp3) is 0.588. The highest BCUT2D eigenvalue weighted by molar-refractivity contribution is 5.74. The number of benzene rings is 1. The first kappa shape index (κ1) is 16.7. The van der Waals surface area contributed by atoms with Gasteiger partial charge in [-0.3, -0.25) is 0 Å². The number of halogens is 1. The van der Waals surface area contributed by atoms with Crippen molar-refractivity contribution in [2.75, 3.05) is 13.6 Å². The molecule has 2 unspecified atom stereocenters. The van der Waals surface area contributed by atoms with Gasteiger partial charge in [0.15, 0.2) is 0 Å². The van der Waals surface area contributed by atoms with E-state index < -0.39 is 6.10 Å². The maximum Gasteiger partial charge on any atom is 0.317 e. The third kappa shape index (κ3) is 4.44. The number of carbonyl (C=O) groups excluding carboxylic acids is 1. The second-order valence-corrected chi connectivity index (χ2v) is 6.23. The van der Waals surface area contributed by atoms with Gasteiger partial charge in [0, 0.05) is 13.6 Å². The van der Waals surface area contributed by atoms with Crippen LogP contribution in [-0.4, -0.2) is 35.7 Å². The van der Waals surface area contributed by atoms with Gasteiger partial charge in [-0.2, -0.15) is 0 Å². The molecule has 1 fully saturated rings. The summed E-state index contributed by atoms with van der Waals surface area (Å²) in [4.78, 5) is 13.9. The molecule has 0 aromatic heterocycles. The van der Waals surface area contributed by atoms with Gasteiger partial charge in [0.25, 0.3) is 0 Å². The third-order valence-electron chi connectivity index (χ3n) is 4.36. The fourth-order valence-corrected chi connectivity index (χ4v) is 2.64. The van der Waals surface area contributed by atoms with Crippen molar-refractivity contribution in [3.05, 3.63) is 35.6 Å². The molecule has 1 aromatic carbocycles. The molecule has 2 amide bonds. The lowest BCUT2D eigenvalue weighted by Gasteiger charge is -2.35. The van der Waals surface area contributed by atoms with Crippen LogP contribution in [0.2, 0.25) is 0 Å². The molecular formula is C17H25FN2O2. The molecule has 1 aliphatic rings. The Balaban J connectivity index is 2.00. The van der Waals surface area contributed by atoms with E-state index in [4.69, 9.17) is 0 Å². The average molecular weight is 308 g/mol. The van der Waals surface area contributed by atoms with Crippen LogP contribution in [0.1, 0.15) is 44.2 Å². The molecule has 0 bridgehead atoms. The molecular weight excluding hydrogens is 283 g/mol. The molecule has 0 spiro atoms. The smallest absolute Gasteiger partial charge is 0.317 e. The molecule has 122 valence electrons. The molecule has 2 N–H and O–H groups in total. The number of hydrogen-bond donors (Lipinski definition) is 2. The van der Waals surface area contributed by atoms with E-state index >= 15 is 0 Å². The van der Waals surface area contributed by atoms with E-state index in [2.05, 4.69) is 5.32 Å². The van der Waals surface area contributed by atoms with Crippen molar-refractivity contribution in [3.8, 4) is 0 Å². The molecule has 2 rings (SSSR count). The number of rotatable bonds is 6. The van der Waals surface area contributed by atoms with E-state index in [1.807, 2.05) is 0 Å². The quantitative estimate of drug-likeness (QED) is 0.848. The normalized spacial score (nSPS) is 17.5. The van der Waals surface area contributed by atoms with Gasteiger partial charge in [0.1, 0.15) is 5.82 Å². The van der Waals surface area contributed by atoms with Crippen LogP contribution < -0.4 is 5.32 Å². The van der Waals surface area contributed by atoms with Crippen molar-refractivity contribution in [2.24, 2.45) is 5.92 Å². The number of hydrogen-bond acceptors (Lipinski definition) is 2. The highest BCUT2D eigenvalue weighted by Crippen LogP contribution is 2.37. The van der Waals surface area contributed by atoms with Crippen LogP contribution in [0.4, 0.5) is 9.18 Å². The summed E-state index contributed by atoms with van der Waals surface area (Å²) < 4.78 is 13.1. The minimum absolute atomic E-state index is 0.0733. The zero-order valence-electron chi connectivity index (χ0n) is 13.3. The highest BCUT2D eigenvalue weighted by atomic mass is 19.1. The van der Waals surface area contributed by atoms with Crippen molar-refractivity contribution >= 4 is 6.03 Å². The number of carbonyl (C=O) groups is 1. The number of nitrogens with zero attached hydrogens (tertiary/aromatic N) is 1. The fourth-order valence-electron chi connectivity index (χ4n) is 2.64. The molecule has 0 aliphatic heterocycles. The summed E-state index contributed by atoms with van der Waals surface area (Å²) in [5.41, 5.74) is 0.948. The Labute approximate surface area is 131 Å². The van der Waals surface area contributed by atoms with E-state index in [-0.39, 0.29) is 17.9 Å². The SMILES string of the molecule is CC(O)CCN(C)C(=O)NC(c1ccc(F)cc1)C1CCC1. The molecule has 0 saturated heterocycles. The van der Waals surface area contributed by atoms with E-state index in [0.717, 1.165) is 18.4 Å². The Hall–Kier alpha value is -1.62. The van der Waals surface area contributed by atoms with Crippen molar-refractivity contribution in [1.82, 2.24) is 10.2 Å². The topological polar surface area (TPSA) is 52.6 Å². The highest BCUT2D eigenvalue weighted by Gasteiger charge is 2.30. The zero-order chi connectivity index (χ0) is 16.1. The third-order valence-corrected chi connectivity index (χ3v) is 4.36. The van der Waals surface area contributed by atoms with Crippen molar-refractivity contribution in [1.29, 1.82) is 0 Å². The van der Waals surface area contributed by atoms with Crippen LogP contribution in [0.25, 0.3) is 0 Å². The largest absolute Gasteiger partial charge is 0.393 e. The van der Waals surface area contributed by atoms with Crippen LogP contribution >= 0.6 is 0 Å². The zero-order valence-corrected chi connectivity index (χ0v) is 13.3. The van der Waals surface area contributed by atoms with Gasteiger partial charge in [-0.15, -0.1) is 0 Å². The second-order valence-electron chi connectivity index (χ2n) is 6.23. The molecule has 22 heavy (non-hydrogen) atoms. The summed E-state index contributed by atoms with van der Waals surface area (Å²) in [7, 11) is 1.72. The Morgan fingerprint density at radius 1 is 1.41 bits per heavy atom. The summed E-state index contributed by atoms with van der Waals surface area (Å²) in [6.07, 6.45) is 3.47. The predicted molar refractivity (Wildman–Crippen MR) is 83.9 cm³/mol. The Morgan fingerprint density at radius 2 is 2.05 bits per heavy atom. The molecule has 0 heterocycles. The van der Waals surface area contributed by atoms with Gasteiger partial charge < -0.3 is 15.3 Å². The Bertz CT molecular complexity index is 486. The van der Waals surface area contributed by atoms with Crippen molar-refractivity contribution < 1.29 is 14.3 Å². The summed E-state index contributed by atoms with van der Waals surface area (Å²) in [6, 6.07) is 6.13. The monoisotopic (exact) mass is 308 g/mol. The number of urea groups is 1. The van der Waals surface area contributed by atoms with E-state index in [0.29, 0.717) is 18.9 Å². The summed E-state index contributed by atoms with van der Waals surface area (Å²) in [5, 5.41) is 12.4. The van der Waals surface area contributed by atoms with Gasteiger partial charge in [-0.1, -0.05) is 18.6 Å². The van der Waals surface area contributed by atoms with Crippen LogP contribution in [0.15, 0.2) is 24.3 Å². The van der Waals surface area contributed by atoms with E-state index in [9.17, 15) is 14.3 Å². The van der Waals surface area contributed by atoms with E-state index in [1.165, 1.54) is 18.6 Å². The lowest BCUT2D eigenvalue weighted by atomic mass is 9.77. The lowest BCUT2D eigenvalue weighted by molar-refractivity contribution is 0.157. The van der Waals surface area contributed by atoms with Gasteiger partial charge >= 0.3 is 6.03 Å². The Morgan fingerprint density at radius 3 is 2.55 bits per heavy atom. The predicted octanol–water partition coefficient (Wildman–Crippen LogP) is 3.08. The molecule has 5 heteroatoms. The molecule has 1 aromatic rings. The average Bonchev–Trinajstić information content (AvgIpc) is 2.42. The number of aliphatic hydroxyl groups excluding tert-OH is 1. The minimum Gasteiger partial charge on any atom is -0.393 e. The number of amides is 2. The molecule has 1 saturated carbocycles. The summed E-state index contributed by atoms with van der Waals surface area (Å²) in [6.45, 7) is 2.21. The summed E-state index contributed by atoms with van der Waals surface area (Å²) in [5.74, 6) is 0.149. The standard InChI is InChI=1S/C17H25FN2O2/c1-12(21)10-11-20(2)17(22)19-16(13-4-3-5-13)14-6-8-15(18)9-7-14/h6-9,12-13,16,21H,3-5,10-11H2,1-2H3,(H,19,22). The van der Waals surface area contributed by atoms with Gasteiger partial charge in [0.05, 0.1) is 12.1 Å². The van der Waals surface area contributed by atoms with Gasteiger partial charge in [-0.05, 0) is 49.8 Å². The molecule has 4 nitrogen and oxygen atoms in total. The maximum absolute atomic E-state index is 13.1. The first-order chi connectivity index (χ1) is 10.5. The Kier molecular flexibility index (Phi) is 5.77. The summed E-state index contributed by atoms with van der Waals surface area (Å²) >= 11 is 0. The van der Waals surface area contributed by atoms with Crippen LogP contribution in [0.3, 0.4) is 0 Å². The van der Waals surface area contributed by atoms with Crippen LogP contribution in [0.5, 0.6) is 0 Å². The van der Waals surface area contributed by atoms with Gasteiger partial charge in [0.2, 0.25) is 0 Å². The van der Waals surface area contributed by atoms with Crippen LogP contribution in [-0.2, 0) is 0 Å². The second kappa shape index (κ2) is 7.58. The molecule has 2 atom stereocenters. The van der Waals surface area contributed by atoms with Crippen molar-refractivity contribution in [3.63, 3.8) is 0 Å². The number of aliphatic hydroxyl groups is 1. The molecule has 1 aliphatic carbocycles. The first-order valence-electron chi connectivity index (χ1n) is 7.92. The number of nitrogens with one attached hydrogen (secondary N) is 1. The first-order valence-corrected chi connectivity index (χ1v) is 7.92. The van der Waals surface area contributed by atoms with Gasteiger partial charge in [-0.25, -0.2) is 9.18 Å². The lowest BCUT2D eigenvalue weighted by Crippen LogP contribution is -2.43. The van der Waals surface area contributed by atoms with E-state index in [1.54, 1.807) is 31.0 Å². The van der Waals surface area contributed by atoms with Crippen LogP contribution in [0, 0.1) is 11.7 Å². The maximum atomic E-state index is 13.1. The molecule has 0 radical (unpaired) electrons.